The van der Waals surface area contributed by atoms with Crippen molar-refractivity contribution in [1.82, 2.24) is 10.2 Å². The van der Waals surface area contributed by atoms with Gasteiger partial charge in [-0.2, -0.15) is 0 Å². The molecular formula is C22H27ClN2O3. The quantitative estimate of drug-likeness (QED) is 0.652. The number of halogens is 1. The summed E-state index contributed by atoms with van der Waals surface area (Å²) in [5, 5.41) is 3.50. The van der Waals surface area contributed by atoms with Gasteiger partial charge in [-0.1, -0.05) is 55.8 Å². The van der Waals surface area contributed by atoms with Crippen molar-refractivity contribution in [3.63, 3.8) is 0 Å². The van der Waals surface area contributed by atoms with E-state index in [2.05, 4.69) is 5.32 Å². The Labute approximate surface area is 171 Å². The third-order valence-corrected chi connectivity index (χ3v) is 4.56. The molecule has 2 aromatic carbocycles. The number of rotatable bonds is 10. The van der Waals surface area contributed by atoms with Gasteiger partial charge in [-0.3, -0.25) is 9.59 Å². The van der Waals surface area contributed by atoms with E-state index in [-0.39, 0.29) is 18.4 Å². The fourth-order valence-electron chi connectivity index (χ4n) is 2.82. The van der Waals surface area contributed by atoms with Gasteiger partial charge in [-0.15, -0.1) is 0 Å². The first kappa shape index (κ1) is 21.8. The van der Waals surface area contributed by atoms with E-state index < -0.39 is 6.04 Å². The first-order valence-electron chi connectivity index (χ1n) is 9.54. The van der Waals surface area contributed by atoms with Crippen molar-refractivity contribution < 1.29 is 14.3 Å². The van der Waals surface area contributed by atoms with Gasteiger partial charge in [0, 0.05) is 18.1 Å². The Bertz CT molecular complexity index is 750. The molecule has 0 aromatic heterocycles. The highest BCUT2D eigenvalue weighted by Crippen LogP contribution is 2.17. The van der Waals surface area contributed by atoms with Crippen LogP contribution in [0.4, 0.5) is 0 Å². The van der Waals surface area contributed by atoms with Gasteiger partial charge in [-0.05, 0) is 42.7 Å². The summed E-state index contributed by atoms with van der Waals surface area (Å²) in [6, 6.07) is 15.9. The first-order chi connectivity index (χ1) is 13.5. The molecular weight excluding hydrogens is 376 g/mol. The average Bonchev–Trinajstić information content (AvgIpc) is 2.72. The summed E-state index contributed by atoms with van der Waals surface area (Å²) in [5.41, 5.74) is 0.962. The van der Waals surface area contributed by atoms with E-state index in [0.717, 1.165) is 12.0 Å². The van der Waals surface area contributed by atoms with E-state index in [0.29, 0.717) is 30.3 Å². The highest BCUT2D eigenvalue weighted by atomic mass is 35.5. The van der Waals surface area contributed by atoms with E-state index in [4.69, 9.17) is 16.3 Å². The van der Waals surface area contributed by atoms with Crippen LogP contribution in [0, 0.1) is 0 Å². The minimum absolute atomic E-state index is 0.139. The zero-order valence-corrected chi connectivity index (χ0v) is 17.1. The van der Waals surface area contributed by atoms with Crippen molar-refractivity contribution in [3.8, 4) is 5.75 Å². The van der Waals surface area contributed by atoms with Crippen LogP contribution in [-0.4, -0.2) is 35.9 Å². The van der Waals surface area contributed by atoms with Gasteiger partial charge < -0.3 is 15.0 Å². The van der Waals surface area contributed by atoms with Crippen LogP contribution in [0.15, 0.2) is 54.6 Å². The maximum Gasteiger partial charge on any atom is 0.261 e. The number of ether oxygens (including phenoxy) is 1. The summed E-state index contributed by atoms with van der Waals surface area (Å²) >= 11 is 5.88. The molecule has 0 saturated heterocycles. The van der Waals surface area contributed by atoms with Crippen molar-refractivity contribution in [3.05, 3.63) is 65.2 Å². The molecule has 1 unspecified atom stereocenters. The van der Waals surface area contributed by atoms with Gasteiger partial charge in [0.1, 0.15) is 11.8 Å². The van der Waals surface area contributed by atoms with E-state index in [1.165, 1.54) is 0 Å². The molecule has 1 N–H and O–H groups in total. The molecule has 28 heavy (non-hydrogen) atoms. The first-order valence-corrected chi connectivity index (χ1v) is 9.92. The Hall–Kier alpha value is -2.53. The molecule has 0 aliphatic carbocycles. The zero-order valence-electron chi connectivity index (χ0n) is 16.4. The van der Waals surface area contributed by atoms with Gasteiger partial charge in [-0.25, -0.2) is 0 Å². The van der Waals surface area contributed by atoms with Crippen LogP contribution < -0.4 is 10.1 Å². The Morgan fingerprint density at radius 2 is 1.75 bits per heavy atom. The summed E-state index contributed by atoms with van der Waals surface area (Å²) in [7, 11) is 0. The molecule has 2 rings (SSSR count). The SMILES string of the molecule is CCCNC(=O)C(CC)N(Cc1ccccc1)C(=O)COc1ccc(Cl)cc1. The monoisotopic (exact) mass is 402 g/mol. The molecule has 2 aromatic rings. The second kappa shape index (κ2) is 11.3. The second-order valence-corrected chi connectivity index (χ2v) is 6.90. The lowest BCUT2D eigenvalue weighted by atomic mass is 10.1. The molecule has 1 atom stereocenters. The smallest absolute Gasteiger partial charge is 0.261 e. The summed E-state index contributed by atoms with van der Waals surface area (Å²) in [5.74, 6) is 0.179. The standard InChI is InChI=1S/C22H27ClN2O3/c1-3-14-24-22(27)20(4-2)25(15-17-8-6-5-7-9-17)21(26)16-28-19-12-10-18(23)11-13-19/h5-13,20H,3-4,14-16H2,1-2H3,(H,24,27). The molecule has 6 heteroatoms. The topological polar surface area (TPSA) is 58.6 Å². The highest BCUT2D eigenvalue weighted by molar-refractivity contribution is 6.30. The Morgan fingerprint density at radius 3 is 2.36 bits per heavy atom. The number of hydrogen-bond acceptors (Lipinski definition) is 3. The van der Waals surface area contributed by atoms with Crippen molar-refractivity contribution in [1.29, 1.82) is 0 Å². The lowest BCUT2D eigenvalue weighted by Crippen LogP contribution is -2.50. The number of nitrogens with one attached hydrogen (secondary N) is 1. The fourth-order valence-corrected chi connectivity index (χ4v) is 2.95. The van der Waals surface area contributed by atoms with Gasteiger partial charge >= 0.3 is 0 Å². The summed E-state index contributed by atoms with van der Waals surface area (Å²) < 4.78 is 5.62. The van der Waals surface area contributed by atoms with Crippen LogP contribution in [0.2, 0.25) is 5.02 Å². The van der Waals surface area contributed by atoms with Crippen LogP contribution in [0.5, 0.6) is 5.75 Å². The number of carbonyl (C=O) groups is 2. The molecule has 2 amide bonds. The largest absolute Gasteiger partial charge is 0.484 e. The Kier molecular flexibility index (Phi) is 8.82. The van der Waals surface area contributed by atoms with Gasteiger partial charge in [0.2, 0.25) is 5.91 Å². The third-order valence-electron chi connectivity index (χ3n) is 4.31. The van der Waals surface area contributed by atoms with E-state index in [1.54, 1.807) is 29.2 Å². The number of benzene rings is 2. The molecule has 0 aliphatic heterocycles. The van der Waals surface area contributed by atoms with Crippen LogP contribution in [0.25, 0.3) is 0 Å². The number of carbonyl (C=O) groups excluding carboxylic acids is 2. The van der Waals surface area contributed by atoms with Crippen molar-refractivity contribution >= 4 is 23.4 Å². The van der Waals surface area contributed by atoms with Crippen molar-refractivity contribution in [2.24, 2.45) is 0 Å². The molecule has 0 fully saturated rings. The molecule has 150 valence electrons. The third kappa shape index (κ3) is 6.57. The van der Waals surface area contributed by atoms with Crippen molar-refractivity contribution in [2.45, 2.75) is 39.3 Å². The summed E-state index contributed by atoms with van der Waals surface area (Å²) in [4.78, 5) is 27.2. The molecule has 0 aliphatic rings. The lowest BCUT2D eigenvalue weighted by molar-refractivity contribution is -0.143. The van der Waals surface area contributed by atoms with E-state index >= 15 is 0 Å². The number of hydrogen-bond donors (Lipinski definition) is 1. The van der Waals surface area contributed by atoms with Gasteiger partial charge in [0.05, 0.1) is 0 Å². The molecule has 0 radical (unpaired) electrons. The van der Waals surface area contributed by atoms with Crippen LogP contribution in [0.3, 0.4) is 0 Å². The van der Waals surface area contributed by atoms with Crippen molar-refractivity contribution in [2.75, 3.05) is 13.2 Å². The highest BCUT2D eigenvalue weighted by Gasteiger charge is 2.28. The van der Waals surface area contributed by atoms with Gasteiger partial charge in [0.25, 0.3) is 5.91 Å². The maximum absolute atomic E-state index is 13.0. The van der Waals surface area contributed by atoms with Crippen LogP contribution in [0.1, 0.15) is 32.3 Å². The number of nitrogens with zero attached hydrogens (tertiary/aromatic N) is 1. The molecule has 0 saturated carbocycles. The predicted molar refractivity (Wildman–Crippen MR) is 111 cm³/mol. The average molecular weight is 403 g/mol. The number of amides is 2. The van der Waals surface area contributed by atoms with Gasteiger partial charge in [0.15, 0.2) is 6.61 Å². The molecule has 0 spiro atoms. The Balaban J connectivity index is 2.14. The zero-order chi connectivity index (χ0) is 20.4. The minimum atomic E-state index is -0.548. The van der Waals surface area contributed by atoms with Crippen LogP contribution in [-0.2, 0) is 16.1 Å². The fraction of sp³-hybridized carbons (Fsp3) is 0.364. The molecule has 5 nitrogen and oxygen atoms in total. The second-order valence-electron chi connectivity index (χ2n) is 6.46. The Morgan fingerprint density at radius 1 is 1.07 bits per heavy atom. The molecule has 0 heterocycles. The van der Waals surface area contributed by atoms with E-state index in [1.807, 2.05) is 44.2 Å². The minimum Gasteiger partial charge on any atom is -0.484 e. The lowest BCUT2D eigenvalue weighted by Gasteiger charge is -2.30. The summed E-state index contributed by atoms with van der Waals surface area (Å²) in [6.45, 7) is 4.69. The molecule has 0 bridgehead atoms. The maximum atomic E-state index is 13.0. The normalized spacial score (nSPS) is 11.5. The van der Waals surface area contributed by atoms with E-state index in [9.17, 15) is 9.59 Å². The summed E-state index contributed by atoms with van der Waals surface area (Å²) in [6.07, 6.45) is 1.36. The predicted octanol–water partition coefficient (Wildman–Crippen LogP) is 4.05. The van der Waals surface area contributed by atoms with Crippen LogP contribution >= 0.6 is 11.6 Å².